The highest BCUT2D eigenvalue weighted by atomic mass is 16.2. The van der Waals surface area contributed by atoms with E-state index >= 15 is 0 Å². The van der Waals surface area contributed by atoms with Crippen LogP contribution in [0.1, 0.15) is 24.8 Å². The number of aromatic nitrogens is 2. The van der Waals surface area contributed by atoms with Gasteiger partial charge in [-0.1, -0.05) is 29.8 Å². The van der Waals surface area contributed by atoms with Crippen molar-refractivity contribution in [2.24, 2.45) is 0 Å². The molecule has 3 aromatic rings. The molecule has 6 heteroatoms. The summed E-state index contributed by atoms with van der Waals surface area (Å²) in [7, 11) is 0. The molecule has 6 nitrogen and oxygen atoms in total. The summed E-state index contributed by atoms with van der Waals surface area (Å²) in [5, 5.41) is 0.573. The largest absolute Gasteiger partial charge is 0.368 e. The summed E-state index contributed by atoms with van der Waals surface area (Å²) in [4.78, 5) is 33.1. The van der Waals surface area contributed by atoms with Crippen LogP contribution in [0.15, 0.2) is 58.1 Å². The Kier molecular flexibility index (Phi) is 4.95. The first-order chi connectivity index (χ1) is 14.6. The molecule has 1 N–H and O–H groups in total. The molecule has 3 heterocycles. The second-order valence-corrected chi connectivity index (χ2v) is 8.65. The molecule has 5 rings (SSSR count). The number of para-hydroxylation sites is 1. The first kappa shape index (κ1) is 19.1. The van der Waals surface area contributed by atoms with Gasteiger partial charge in [-0.3, -0.25) is 14.3 Å². The number of nitrogens with one attached hydrogen (secondary N) is 1. The summed E-state index contributed by atoms with van der Waals surface area (Å²) in [5.74, 6) is 0. The third kappa shape index (κ3) is 3.45. The Hall–Kier alpha value is -2.86. The average Bonchev–Trinajstić information content (AvgIpc) is 2.98. The number of rotatable bonds is 5. The van der Waals surface area contributed by atoms with Crippen LogP contribution in [0.25, 0.3) is 10.9 Å². The SMILES string of the molecule is Cc1ccc(N2CC3CCC(C2)N3CCCn2c(=O)[nH]c3ccccc3c2=O)cc1. The van der Waals surface area contributed by atoms with Crippen LogP contribution in [0.2, 0.25) is 0 Å². The van der Waals surface area contributed by atoms with Gasteiger partial charge in [0.15, 0.2) is 0 Å². The zero-order valence-electron chi connectivity index (χ0n) is 17.4. The number of aryl methyl sites for hydroxylation is 1. The number of aromatic amines is 1. The fraction of sp³-hybridized carbons (Fsp3) is 0.417. The van der Waals surface area contributed by atoms with Gasteiger partial charge in [0.2, 0.25) is 0 Å². The number of anilines is 1. The van der Waals surface area contributed by atoms with Crippen LogP contribution in [0.4, 0.5) is 5.69 Å². The third-order valence-corrected chi connectivity index (χ3v) is 6.72. The fourth-order valence-corrected chi connectivity index (χ4v) is 5.14. The third-order valence-electron chi connectivity index (χ3n) is 6.72. The van der Waals surface area contributed by atoms with Gasteiger partial charge in [0.1, 0.15) is 0 Å². The van der Waals surface area contributed by atoms with Crippen molar-refractivity contribution in [3.8, 4) is 0 Å². The molecule has 2 bridgehead atoms. The van der Waals surface area contributed by atoms with Gasteiger partial charge in [-0.05, 0) is 50.5 Å². The highest BCUT2D eigenvalue weighted by Crippen LogP contribution is 2.32. The van der Waals surface area contributed by atoms with Gasteiger partial charge >= 0.3 is 5.69 Å². The molecule has 0 radical (unpaired) electrons. The van der Waals surface area contributed by atoms with Crippen molar-refractivity contribution in [1.29, 1.82) is 0 Å². The maximum Gasteiger partial charge on any atom is 0.328 e. The molecule has 0 saturated carbocycles. The van der Waals surface area contributed by atoms with Crippen LogP contribution in [0, 0.1) is 6.92 Å². The summed E-state index contributed by atoms with van der Waals surface area (Å²) < 4.78 is 1.35. The van der Waals surface area contributed by atoms with E-state index < -0.39 is 0 Å². The fourth-order valence-electron chi connectivity index (χ4n) is 5.14. The van der Waals surface area contributed by atoms with Gasteiger partial charge in [0.25, 0.3) is 5.56 Å². The minimum atomic E-state index is -0.314. The Bertz CT molecular complexity index is 1150. The molecule has 1 aromatic heterocycles. The van der Waals surface area contributed by atoms with Gasteiger partial charge in [0, 0.05) is 44.0 Å². The summed E-state index contributed by atoms with van der Waals surface area (Å²) >= 11 is 0. The van der Waals surface area contributed by atoms with E-state index in [0.29, 0.717) is 29.5 Å². The number of hydrogen-bond acceptors (Lipinski definition) is 4. The summed E-state index contributed by atoms with van der Waals surface area (Å²) in [6, 6.07) is 17.1. The van der Waals surface area contributed by atoms with Crippen molar-refractivity contribution in [1.82, 2.24) is 14.5 Å². The number of fused-ring (bicyclic) bond motifs is 3. The van der Waals surface area contributed by atoms with E-state index in [4.69, 9.17) is 0 Å². The van der Waals surface area contributed by atoms with Crippen molar-refractivity contribution in [3.63, 3.8) is 0 Å². The van der Waals surface area contributed by atoms with Crippen LogP contribution in [0.5, 0.6) is 0 Å². The van der Waals surface area contributed by atoms with Crippen molar-refractivity contribution < 1.29 is 0 Å². The predicted molar refractivity (Wildman–Crippen MR) is 120 cm³/mol. The van der Waals surface area contributed by atoms with Crippen molar-refractivity contribution in [2.45, 2.75) is 44.8 Å². The average molecular weight is 405 g/mol. The van der Waals surface area contributed by atoms with E-state index in [1.165, 1.54) is 28.7 Å². The highest BCUT2D eigenvalue weighted by Gasteiger charge is 2.39. The quantitative estimate of drug-likeness (QED) is 0.710. The molecule has 2 aliphatic rings. The van der Waals surface area contributed by atoms with E-state index in [0.717, 1.165) is 26.1 Å². The Morgan fingerprint density at radius 1 is 0.933 bits per heavy atom. The lowest BCUT2D eigenvalue weighted by atomic mass is 10.1. The van der Waals surface area contributed by atoms with Gasteiger partial charge in [0.05, 0.1) is 10.9 Å². The Labute approximate surface area is 175 Å². The normalized spacial score (nSPS) is 21.4. The van der Waals surface area contributed by atoms with Crippen LogP contribution in [-0.2, 0) is 6.54 Å². The van der Waals surface area contributed by atoms with Crippen LogP contribution < -0.4 is 16.1 Å². The number of piperazine rings is 1. The van der Waals surface area contributed by atoms with Crippen LogP contribution >= 0.6 is 0 Å². The number of H-pyrrole nitrogens is 1. The Balaban J connectivity index is 1.25. The predicted octanol–water partition coefficient (Wildman–Crippen LogP) is 2.74. The molecule has 2 aromatic carbocycles. The van der Waals surface area contributed by atoms with E-state index in [-0.39, 0.29) is 11.2 Å². The second-order valence-electron chi connectivity index (χ2n) is 8.65. The van der Waals surface area contributed by atoms with Crippen LogP contribution in [0.3, 0.4) is 0 Å². The maximum absolute atomic E-state index is 12.7. The molecular weight excluding hydrogens is 376 g/mol. The second kappa shape index (κ2) is 7.76. The smallest absolute Gasteiger partial charge is 0.328 e. The molecule has 2 saturated heterocycles. The molecule has 0 amide bonds. The number of nitrogens with zero attached hydrogens (tertiary/aromatic N) is 3. The summed E-state index contributed by atoms with van der Waals surface area (Å²) in [5.41, 5.74) is 2.70. The van der Waals surface area contributed by atoms with Crippen molar-refractivity contribution >= 4 is 16.6 Å². The molecule has 2 unspecified atom stereocenters. The summed E-state index contributed by atoms with van der Waals surface area (Å²) in [6.07, 6.45) is 3.26. The van der Waals surface area contributed by atoms with Crippen LogP contribution in [-0.4, -0.2) is 46.2 Å². The zero-order valence-corrected chi connectivity index (χ0v) is 17.4. The molecule has 30 heavy (non-hydrogen) atoms. The van der Waals surface area contributed by atoms with E-state index in [1.54, 1.807) is 12.1 Å². The Morgan fingerprint density at radius 3 is 2.37 bits per heavy atom. The van der Waals surface area contributed by atoms with Crippen molar-refractivity contribution in [3.05, 3.63) is 74.9 Å². The molecule has 0 spiro atoms. The monoisotopic (exact) mass is 404 g/mol. The lowest BCUT2D eigenvalue weighted by Gasteiger charge is -2.42. The summed E-state index contributed by atoms with van der Waals surface area (Å²) in [6.45, 7) is 5.61. The molecule has 156 valence electrons. The van der Waals surface area contributed by atoms with Crippen molar-refractivity contribution in [2.75, 3.05) is 24.5 Å². The lowest BCUT2D eigenvalue weighted by molar-refractivity contribution is 0.164. The lowest BCUT2D eigenvalue weighted by Crippen LogP contribution is -2.54. The molecule has 0 aliphatic carbocycles. The minimum absolute atomic E-state index is 0.193. The molecular formula is C24H28N4O2. The maximum atomic E-state index is 12.7. The number of hydrogen-bond donors (Lipinski definition) is 1. The van der Waals surface area contributed by atoms with Gasteiger partial charge in [-0.2, -0.15) is 0 Å². The zero-order chi connectivity index (χ0) is 20.7. The Morgan fingerprint density at radius 2 is 1.63 bits per heavy atom. The highest BCUT2D eigenvalue weighted by molar-refractivity contribution is 5.76. The topological polar surface area (TPSA) is 61.3 Å². The standard InChI is InChI=1S/C24H28N4O2/c1-17-7-9-18(10-8-17)26-15-19-11-12-20(16-26)27(19)13-4-14-28-23(29)21-5-2-3-6-22(21)25-24(28)30/h2-3,5-10,19-20H,4,11-16H2,1H3,(H,25,30). The van der Waals surface area contributed by atoms with Gasteiger partial charge in [-0.15, -0.1) is 0 Å². The van der Waals surface area contributed by atoms with E-state index in [2.05, 4.69) is 46.0 Å². The minimum Gasteiger partial charge on any atom is -0.368 e. The first-order valence-corrected chi connectivity index (χ1v) is 10.9. The molecule has 2 atom stereocenters. The van der Waals surface area contributed by atoms with E-state index in [1.807, 2.05) is 12.1 Å². The molecule has 2 aliphatic heterocycles. The first-order valence-electron chi connectivity index (χ1n) is 10.9. The van der Waals surface area contributed by atoms with E-state index in [9.17, 15) is 9.59 Å². The number of benzene rings is 2. The van der Waals surface area contributed by atoms with Gasteiger partial charge < -0.3 is 9.88 Å². The van der Waals surface area contributed by atoms with Gasteiger partial charge in [-0.25, -0.2) is 4.79 Å². The molecule has 2 fully saturated rings.